The van der Waals surface area contributed by atoms with Crippen LogP contribution in [0.2, 0.25) is 10.0 Å². The van der Waals surface area contributed by atoms with Crippen molar-refractivity contribution in [1.82, 2.24) is 10.2 Å². The summed E-state index contributed by atoms with van der Waals surface area (Å²) in [7, 11) is -4.19. The Kier molecular flexibility index (Phi) is 10.6. The number of carbonyl (C=O) groups is 2. The predicted octanol–water partition coefficient (Wildman–Crippen LogP) is 5.96. The van der Waals surface area contributed by atoms with E-state index in [1.807, 2.05) is 30.3 Å². The summed E-state index contributed by atoms with van der Waals surface area (Å²) in [6.45, 7) is 1.62. The molecule has 0 bridgehead atoms. The van der Waals surface area contributed by atoms with Crippen LogP contribution in [0.4, 0.5) is 5.69 Å². The van der Waals surface area contributed by atoms with Gasteiger partial charge in [0.05, 0.1) is 10.6 Å². The van der Waals surface area contributed by atoms with E-state index >= 15 is 0 Å². The first kappa shape index (κ1) is 31.1. The fourth-order valence-corrected chi connectivity index (χ4v) is 6.38. The molecule has 7 nitrogen and oxygen atoms in total. The molecule has 0 heterocycles. The van der Waals surface area contributed by atoms with Crippen molar-refractivity contribution in [3.63, 3.8) is 0 Å². The third-order valence-electron chi connectivity index (χ3n) is 6.57. The monoisotopic (exact) mass is 623 g/mol. The Hall–Kier alpha value is -3.85. The summed E-state index contributed by atoms with van der Waals surface area (Å²) < 4.78 is 28.9. The lowest BCUT2D eigenvalue weighted by Crippen LogP contribution is -2.53. The molecule has 0 aromatic heterocycles. The Labute approximate surface area is 256 Å². The molecule has 0 saturated carbocycles. The Morgan fingerprint density at radius 3 is 2.00 bits per heavy atom. The summed E-state index contributed by atoms with van der Waals surface area (Å²) in [5.74, 6) is -0.918. The van der Waals surface area contributed by atoms with Crippen LogP contribution in [-0.2, 0) is 32.6 Å². The molecular weight excluding hydrogens is 593 g/mol. The number of halogens is 2. The molecule has 0 radical (unpaired) electrons. The number of likely N-dealkylation sites (N-methyl/N-ethyl adjacent to an activating group) is 1. The number of anilines is 1. The van der Waals surface area contributed by atoms with Crippen LogP contribution in [0.15, 0.2) is 114 Å². The molecule has 0 unspecified atom stereocenters. The van der Waals surface area contributed by atoms with Crippen molar-refractivity contribution in [1.29, 1.82) is 0 Å². The van der Waals surface area contributed by atoms with Gasteiger partial charge in [0.15, 0.2) is 0 Å². The van der Waals surface area contributed by atoms with Gasteiger partial charge in [0.1, 0.15) is 12.6 Å². The highest BCUT2D eigenvalue weighted by atomic mass is 35.5. The minimum atomic E-state index is -4.19. The summed E-state index contributed by atoms with van der Waals surface area (Å²) >= 11 is 12.5. The molecule has 0 aliphatic carbocycles. The van der Waals surface area contributed by atoms with Gasteiger partial charge in [0, 0.05) is 29.6 Å². The average molecular weight is 625 g/mol. The SMILES string of the molecule is CCNC(=O)[C@@H](Cc1ccccc1)N(Cc1cccc(Cl)c1)C(=O)CN(c1cccc(Cl)c1)S(=O)(=O)c1ccccc1. The molecule has 4 aromatic carbocycles. The van der Waals surface area contributed by atoms with Crippen LogP contribution in [0.25, 0.3) is 0 Å². The molecule has 0 aliphatic rings. The molecular formula is C32H31Cl2N3O4S. The minimum Gasteiger partial charge on any atom is -0.355 e. The van der Waals surface area contributed by atoms with E-state index in [-0.39, 0.29) is 29.5 Å². The van der Waals surface area contributed by atoms with E-state index < -0.39 is 28.5 Å². The maximum Gasteiger partial charge on any atom is 0.264 e. The lowest BCUT2D eigenvalue weighted by molar-refractivity contribution is -0.140. The highest BCUT2D eigenvalue weighted by Crippen LogP contribution is 2.27. The molecule has 1 atom stereocenters. The van der Waals surface area contributed by atoms with Crippen LogP contribution in [-0.4, -0.2) is 44.3 Å². The highest BCUT2D eigenvalue weighted by molar-refractivity contribution is 7.92. The first-order valence-corrected chi connectivity index (χ1v) is 15.6. The standard InChI is InChI=1S/C32H31Cl2N3O4S/c1-2-35-32(39)30(20-24-11-5-3-6-12-24)36(22-25-13-9-14-26(33)19-25)31(38)23-37(28-16-10-15-27(34)21-28)42(40,41)29-17-7-4-8-18-29/h3-19,21,30H,2,20,22-23H2,1H3,(H,35,39)/t30-/m1/s1. The molecule has 4 aromatic rings. The Morgan fingerprint density at radius 2 is 1.38 bits per heavy atom. The maximum absolute atomic E-state index is 14.3. The number of hydrogen-bond donors (Lipinski definition) is 1. The number of rotatable bonds is 12. The maximum atomic E-state index is 14.3. The molecule has 1 N–H and O–H groups in total. The van der Waals surface area contributed by atoms with Crippen molar-refractivity contribution in [2.45, 2.75) is 30.8 Å². The van der Waals surface area contributed by atoms with Gasteiger partial charge in [-0.2, -0.15) is 0 Å². The number of hydrogen-bond acceptors (Lipinski definition) is 4. The summed E-state index contributed by atoms with van der Waals surface area (Å²) in [5, 5.41) is 3.63. The van der Waals surface area contributed by atoms with Gasteiger partial charge in [-0.15, -0.1) is 0 Å². The molecule has 0 aliphatic heterocycles. The summed E-state index contributed by atoms with van der Waals surface area (Å²) in [4.78, 5) is 29.2. The molecule has 4 rings (SSSR count). The summed E-state index contributed by atoms with van der Waals surface area (Å²) in [6, 6.07) is 29.6. The summed E-state index contributed by atoms with van der Waals surface area (Å²) in [6.07, 6.45) is 0.224. The Bertz CT molecular complexity index is 1620. The van der Waals surface area contributed by atoms with Crippen molar-refractivity contribution in [2.75, 3.05) is 17.4 Å². The second-order valence-corrected chi connectivity index (χ2v) is 12.3. The number of benzene rings is 4. The van der Waals surface area contributed by atoms with E-state index in [0.29, 0.717) is 22.2 Å². The van der Waals surface area contributed by atoms with Gasteiger partial charge < -0.3 is 10.2 Å². The van der Waals surface area contributed by atoms with Crippen LogP contribution in [0, 0.1) is 0 Å². The van der Waals surface area contributed by atoms with Gasteiger partial charge >= 0.3 is 0 Å². The van der Waals surface area contributed by atoms with Crippen molar-refractivity contribution < 1.29 is 18.0 Å². The van der Waals surface area contributed by atoms with Crippen LogP contribution in [0.5, 0.6) is 0 Å². The van der Waals surface area contributed by atoms with E-state index in [9.17, 15) is 18.0 Å². The van der Waals surface area contributed by atoms with Gasteiger partial charge in [-0.05, 0) is 60.5 Å². The van der Waals surface area contributed by atoms with Gasteiger partial charge in [0.2, 0.25) is 11.8 Å². The van der Waals surface area contributed by atoms with Crippen molar-refractivity contribution >= 4 is 50.7 Å². The zero-order chi connectivity index (χ0) is 30.1. The molecule has 0 fully saturated rings. The van der Waals surface area contributed by atoms with Crippen LogP contribution in [0.3, 0.4) is 0 Å². The largest absolute Gasteiger partial charge is 0.355 e. The van der Waals surface area contributed by atoms with Crippen molar-refractivity contribution in [3.05, 3.63) is 130 Å². The molecule has 10 heteroatoms. The fourth-order valence-electron chi connectivity index (χ4n) is 4.56. The van der Waals surface area contributed by atoms with E-state index in [1.54, 1.807) is 67.6 Å². The molecule has 42 heavy (non-hydrogen) atoms. The minimum absolute atomic E-state index is 0.0173. The average Bonchev–Trinajstić information content (AvgIpc) is 2.98. The zero-order valence-electron chi connectivity index (χ0n) is 23.0. The third kappa shape index (κ3) is 7.91. The second-order valence-electron chi connectivity index (χ2n) is 9.56. The van der Waals surface area contributed by atoms with E-state index in [4.69, 9.17) is 23.2 Å². The van der Waals surface area contributed by atoms with Gasteiger partial charge in [-0.3, -0.25) is 13.9 Å². The van der Waals surface area contributed by atoms with Gasteiger partial charge in [0.25, 0.3) is 10.0 Å². The van der Waals surface area contributed by atoms with Crippen molar-refractivity contribution in [3.8, 4) is 0 Å². The normalized spacial score (nSPS) is 11.9. The highest BCUT2D eigenvalue weighted by Gasteiger charge is 2.34. The van der Waals surface area contributed by atoms with Gasteiger partial charge in [-0.1, -0.05) is 89.9 Å². The number of amides is 2. The van der Waals surface area contributed by atoms with Crippen LogP contribution < -0.4 is 9.62 Å². The van der Waals surface area contributed by atoms with Crippen molar-refractivity contribution in [2.24, 2.45) is 0 Å². The lowest BCUT2D eigenvalue weighted by atomic mass is 10.0. The second kappa shape index (κ2) is 14.4. The predicted molar refractivity (Wildman–Crippen MR) is 167 cm³/mol. The number of carbonyl (C=O) groups excluding carboxylic acids is 2. The number of sulfonamides is 1. The van der Waals surface area contributed by atoms with Gasteiger partial charge in [-0.25, -0.2) is 8.42 Å². The smallest absolute Gasteiger partial charge is 0.264 e. The van der Waals surface area contributed by atoms with E-state index in [0.717, 1.165) is 9.87 Å². The quantitative estimate of drug-likeness (QED) is 0.211. The topological polar surface area (TPSA) is 86.8 Å². The fraction of sp³-hybridized carbons (Fsp3) is 0.188. The molecule has 218 valence electrons. The van der Waals surface area contributed by atoms with Crippen LogP contribution in [0.1, 0.15) is 18.1 Å². The third-order valence-corrected chi connectivity index (χ3v) is 8.83. The van der Waals surface area contributed by atoms with E-state index in [1.165, 1.54) is 23.1 Å². The summed E-state index contributed by atoms with van der Waals surface area (Å²) in [5.41, 5.74) is 1.76. The molecule has 0 saturated heterocycles. The molecule has 2 amide bonds. The first-order valence-electron chi connectivity index (χ1n) is 13.4. The van der Waals surface area contributed by atoms with E-state index in [2.05, 4.69) is 5.32 Å². The number of nitrogens with zero attached hydrogens (tertiary/aromatic N) is 2. The number of nitrogens with one attached hydrogen (secondary N) is 1. The Morgan fingerprint density at radius 1 is 0.786 bits per heavy atom. The van der Waals surface area contributed by atoms with Crippen LogP contribution >= 0.6 is 23.2 Å². The first-order chi connectivity index (χ1) is 20.2. The molecule has 0 spiro atoms. The zero-order valence-corrected chi connectivity index (χ0v) is 25.3. The lowest BCUT2D eigenvalue weighted by Gasteiger charge is -2.34. The Balaban J connectivity index is 1.79.